The first-order chi connectivity index (χ1) is 5.00. The number of hydrogen-bond donors (Lipinski definition) is 0. The van der Waals surface area contributed by atoms with E-state index >= 15 is 0 Å². The fourth-order valence-electron chi connectivity index (χ4n) is 0.754. The van der Waals surface area contributed by atoms with Crippen molar-refractivity contribution in [1.29, 1.82) is 0 Å². The highest BCUT2D eigenvalue weighted by Gasteiger charge is 2.19. The number of carbonyl (C=O) groups excluding carboxylic acids is 1. The van der Waals surface area contributed by atoms with Gasteiger partial charge in [0.2, 0.25) is 17.3 Å². The van der Waals surface area contributed by atoms with Crippen molar-refractivity contribution in [3.8, 4) is 0 Å². The Balaban J connectivity index is 0. The molecule has 0 rings (SSSR count). The number of hydrogen-bond acceptors (Lipinski definition) is 1. The Morgan fingerprint density at radius 3 is 1.75 bits per heavy atom. The molecule has 0 bridgehead atoms. The Bertz CT molecular complexity index is 182. The van der Waals surface area contributed by atoms with Gasteiger partial charge in [-0.2, -0.15) is 0 Å². The number of amides is 1. The van der Waals surface area contributed by atoms with Gasteiger partial charge >= 0.3 is 5.11 Å². The quantitative estimate of drug-likeness (QED) is 0.268. The molecule has 0 aromatic carbocycles. The van der Waals surface area contributed by atoms with Gasteiger partial charge in [0.15, 0.2) is 6.26 Å². The molecule has 0 unspecified atom stereocenters. The Hall–Kier alpha value is 0.250. The van der Waals surface area contributed by atoms with Gasteiger partial charge in [-0.1, -0.05) is 0 Å². The molecular weight excluding hydrogens is 287 g/mol. The molecule has 0 aliphatic heterocycles. The minimum atomic E-state index is 0. The lowest BCUT2D eigenvalue weighted by molar-refractivity contribution is -0.124. The van der Waals surface area contributed by atoms with Crippen molar-refractivity contribution in [2.24, 2.45) is 0 Å². The van der Waals surface area contributed by atoms with Gasteiger partial charge in [0, 0.05) is 14.0 Å². The second kappa shape index (κ2) is 6.73. The molecule has 0 aromatic heterocycles. The minimum absolute atomic E-state index is 0. The summed E-state index contributed by atoms with van der Waals surface area (Å²) in [6.45, 7) is 1.56. The summed E-state index contributed by atoms with van der Waals surface area (Å²) in [5.74, 6) is 0.0584. The smallest absolute Gasteiger partial charge is 0.352 e. The molecule has 0 saturated heterocycles. The van der Waals surface area contributed by atoms with E-state index in [1.807, 2.05) is 25.3 Å². The fraction of sp³-hybridized carbons (Fsp3) is 0.714. The van der Waals surface area contributed by atoms with E-state index in [1.54, 1.807) is 30.2 Å². The van der Waals surface area contributed by atoms with Crippen LogP contribution in [0.25, 0.3) is 0 Å². The topological polar surface area (TPSA) is 23.6 Å². The van der Waals surface area contributed by atoms with Crippen molar-refractivity contribution in [3.63, 3.8) is 0 Å². The first-order valence-corrected chi connectivity index (χ1v) is 4.55. The minimum Gasteiger partial charge on any atom is -1.00 e. The zero-order valence-electron chi connectivity index (χ0n) is 8.09. The van der Waals surface area contributed by atoms with E-state index in [0.29, 0.717) is 0 Å². The van der Waals surface area contributed by atoms with Crippen molar-refractivity contribution in [1.82, 2.24) is 9.80 Å². The molecule has 0 saturated carbocycles. The third-order valence-electron chi connectivity index (χ3n) is 1.32. The van der Waals surface area contributed by atoms with E-state index in [9.17, 15) is 4.79 Å². The summed E-state index contributed by atoms with van der Waals surface area (Å²) in [6, 6.07) is 0. The molecule has 72 valence electrons. The summed E-state index contributed by atoms with van der Waals surface area (Å²) < 4.78 is 0. The summed E-state index contributed by atoms with van der Waals surface area (Å²) in [5, 5.41) is 0.956. The third-order valence-corrected chi connectivity index (χ3v) is 2.33. The first-order valence-electron chi connectivity index (χ1n) is 3.33. The third kappa shape index (κ3) is 4.32. The molecule has 0 atom stereocenters. The maximum absolute atomic E-state index is 10.9. The van der Waals surface area contributed by atoms with E-state index in [2.05, 4.69) is 0 Å². The molecule has 0 aliphatic carbocycles. The number of rotatable bonds is 0. The highest BCUT2D eigenvalue weighted by molar-refractivity contribution is 7.77. The van der Waals surface area contributed by atoms with Gasteiger partial charge in [-0.3, -0.25) is 9.69 Å². The maximum atomic E-state index is 10.9. The molecule has 0 radical (unpaired) electrons. The van der Waals surface area contributed by atoms with Crippen LogP contribution >= 0.6 is 0 Å². The van der Waals surface area contributed by atoms with Crippen molar-refractivity contribution >= 4 is 22.4 Å². The van der Waals surface area contributed by atoms with E-state index in [-0.39, 0.29) is 29.9 Å². The second-order valence-corrected chi connectivity index (χ2v) is 3.23. The monoisotopic (exact) mass is 302 g/mol. The Kier molecular flexibility index (Phi) is 8.28. The lowest BCUT2D eigenvalue weighted by Crippen LogP contribution is -3.00. The van der Waals surface area contributed by atoms with Crippen molar-refractivity contribution in [2.75, 3.05) is 27.4 Å². The van der Waals surface area contributed by atoms with Gasteiger partial charge in [-0.15, -0.1) is 0 Å². The Morgan fingerprint density at radius 2 is 1.67 bits per heavy atom. The van der Waals surface area contributed by atoms with E-state index in [4.69, 9.17) is 0 Å². The largest absolute Gasteiger partial charge is 1.00 e. The highest BCUT2D eigenvalue weighted by Crippen LogP contribution is 1.89. The van der Waals surface area contributed by atoms with Crippen LogP contribution in [-0.4, -0.2) is 48.2 Å². The standard InChI is InChI=1S/C7H15N2OS.HI/c1-6(10)9(4)7(11-5)8(2)3;/h1-5H3;1H/q+1;/p-1. The maximum Gasteiger partial charge on any atom is 0.352 e. The van der Waals surface area contributed by atoms with Crippen LogP contribution in [0.3, 0.4) is 0 Å². The average molecular weight is 302 g/mol. The zero-order valence-corrected chi connectivity index (χ0v) is 11.1. The van der Waals surface area contributed by atoms with E-state index < -0.39 is 0 Å². The van der Waals surface area contributed by atoms with Crippen molar-refractivity contribution < 1.29 is 28.8 Å². The zero-order chi connectivity index (χ0) is 9.02. The highest BCUT2D eigenvalue weighted by atomic mass is 127. The lowest BCUT2D eigenvalue weighted by atomic mass is 10.6. The summed E-state index contributed by atoms with van der Waals surface area (Å²) in [4.78, 5) is 14.5. The van der Waals surface area contributed by atoms with E-state index in [1.165, 1.54) is 0 Å². The van der Waals surface area contributed by atoms with Crippen LogP contribution in [0.15, 0.2) is 0 Å². The van der Waals surface area contributed by atoms with Crippen LogP contribution in [0.4, 0.5) is 0 Å². The molecule has 3 nitrogen and oxygen atoms in total. The molecular formula is C7H15IN2OS. The summed E-state index contributed by atoms with van der Waals surface area (Å²) in [5.41, 5.74) is 0. The predicted octanol–water partition coefficient (Wildman–Crippen LogP) is -3.17. The lowest BCUT2D eigenvalue weighted by Gasteiger charge is -2.14. The van der Waals surface area contributed by atoms with Gasteiger partial charge in [0.05, 0.1) is 0 Å². The van der Waals surface area contributed by atoms with Gasteiger partial charge in [0.25, 0.3) is 0 Å². The van der Waals surface area contributed by atoms with Crippen molar-refractivity contribution in [3.05, 3.63) is 0 Å². The molecule has 12 heavy (non-hydrogen) atoms. The number of halogens is 1. The van der Waals surface area contributed by atoms with Crippen LogP contribution in [0, 0.1) is 0 Å². The van der Waals surface area contributed by atoms with Crippen LogP contribution in [-0.2, 0) is 16.1 Å². The molecule has 0 N–H and O–H groups in total. The van der Waals surface area contributed by atoms with Crippen LogP contribution in [0.1, 0.15) is 6.92 Å². The van der Waals surface area contributed by atoms with Crippen molar-refractivity contribution in [2.45, 2.75) is 6.92 Å². The van der Waals surface area contributed by atoms with Crippen LogP contribution in [0.2, 0.25) is 0 Å². The van der Waals surface area contributed by atoms with Gasteiger partial charge < -0.3 is 24.0 Å². The molecule has 0 spiro atoms. The van der Waals surface area contributed by atoms with Gasteiger partial charge in [-0.05, 0) is 14.1 Å². The summed E-state index contributed by atoms with van der Waals surface area (Å²) in [6.07, 6.45) is 1.95. The molecule has 0 aliphatic rings. The Morgan fingerprint density at radius 1 is 1.25 bits per heavy atom. The molecule has 1 amide bonds. The fourth-order valence-corrected chi connectivity index (χ4v) is 1.52. The second-order valence-electron chi connectivity index (χ2n) is 2.46. The SMILES string of the molecule is C/[S+]=C(\N(C)C)N(C)C(C)=O.[I-]. The van der Waals surface area contributed by atoms with Crippen LogP contribution < -0.4 is 24.0 Å². The van der Waals surface area contributed by atoms with Gasteiger partial charge in [0.1, 0.15) is 0 Å². The van der Waals surface area contributed by atoms with E-state index in [0.717, 1.165) is 5.11 Å². The number of nitrogens with zero attached hydrogens (tertiary/aromatic N) is 2. The number of carbonyl (C=O) groups is 1. The molecule has 0 fully saturated rings. The molecule has 0 heterocycles. The molecule has 5 heteroatoms. The normalized spacial score (nSPS) is 11.0. The average Bonchev–Trinajstić information content (AvgIpc) is 1.88. The van der Waals surface area contributed by atoms with Crippen LogP contribution in [0.5, 0.6) is 0 Å². The summed E-state index contributed by atoms with van der Waals surface area (Å²) in [7, 11) is 5.62. The Labute approximate surface area is 95.1 Å². The molecule has 0 aromatic rings. The van der Waals surface area contributed by atoms with Gasteiger partial charge in [-0.25, -0.2) is 4.90 Å². The first kappa shape index (κ1) is 14.8. The summed E-state index contributed by atoms with van der Waals surface area (Å²) >= 11 is 1.56. The predicted molar refractivity (Wildman–Crippen MR) is 50.4 cm³/mol.